The number of rotatable bonds is 3. The zero-order valence-corrected chi connectivity index (χ0v) is 9.42. The van der Waals surface area contributed by atoms with E-state index in [1.807, 2.05) is 7.11 Å². The highest BCUT2D eigenvalue weighted by atomic mass is 16.5. The van der Waals surface area contributed by atoms with Crippen LogP contribution in [0.5, 0.6) is 0 Å². The zero-order valence-electron chi connectivity index (χ0n) is 9.42. The molecule has 0 aromatic heterocycles. The Hall–Kier alpha value is -0.0800. The van der Waals surface area contributed by atoms with Crippen LogP contribution < -0.4 is 0 Å². The van der Waals surface area contributed by atoms with Gasteiger partial charge in [-0.3, -0.25) is 4.90 Å². The summed E-state index contributed by atoms with van der Waals surface area (Å²) in [5.74, 6) is 0. The van der Waals surface area contributed by atoms with Gasteiger partial charge in [-0.25, -0.2) is 0 Å². The van der Waals surface area contributed by atoms with Crippen molar-refractivity contribution in [2.24, 2.45) is 0 Å². The summed E-state index contributed by atoms with van der Waals surface area (Å²) in [5.41, 5.74) is 0. The normalized spacial score (nSPS) is 31.2. The molecule has 0 aliphatic carbocycles. The molecule has 78 valence electrons. The van der Waals surface area contributed by atoms with E-state index in [2.05, 4.69) is 25.7 Å². The molecular weight excluding hydrogens is 162 g/mol. The Morgan fingerprint density at radius 1 is 1.38 bits per heavy atom. The fourth-order valence-electron chi connectivity index (χ4n) is 2.28. The lowest BCUT2D eigenvalue weighted by Crippen LogP contribution is -2.49. The van der Waals surface area contributed by atoms with Crippen LogP contribution in [0, 0.1) is 0 Å². The molecule has 0 unspecified atom stereocenters. The average Bonchev–Trinajstić information content (AvgIpc) is 2.16. The largest absolute Gasteiger partial charge is 0.380 e. The van der Waals surface area contributed by atoms with Crippen molar-refractivity contribution < 1.29 is 4.74 Å². The SMILES string of the molecule is CC[C@H]1CC[C@@H](OC)CN1C(C)C. The Morgan fingerprint density at radius 2 is 2.08 bits per heavy atom. The maximum Gasteiger partial charge on any atom is 0.0699 e. The van der Waals surface area contributed by atoms with Gasteiger partial charge < -0.3 is 4.74 Å². The van der Waals surface area contributed by atoms with Crippen LogP contribution in [0.2, 0.25) is 0 Å². The highest BCUT2D eigenvalue weighted by molar-refractivity contribution is 4.83. The van der Waals surface area contributed by atoms with Gasteiger partial charge in [0.25, 0.3) is 0 Å². The van der Waals surface area contributed by atoms with Crippen molar-refractivity contribution in [3.63, 3.8) is 0 Å². The summed E-state index contributed by atoms with van der Waals surface area (Å²) in [4.78, 5) is 2.58. The fourth-order valence-corrected chi connectivity index (χ4v) is 2.28. The van der Waals surface area contributed by atoms with Crippen LogP contribution in [0.4, 0.5) is 0 Å². The monoisotopic (exact) mass is 185 g/mol. The number of likely N-dealkylation sites (tertiary alicyclic amines) is 1. The number of ether oxygens (including phenoxy) is 1. The van der Waals surface area contributed by atoms with Gasteiger partial charge in [-0.15, -0.1) is 0 Å². The number of hydrogen-bond donors (Lipinski definition) is 0. The van der Waals surface area contributed by atoms with Gasteiger partial charge in [0, 0.05) is 25.7 Å². The van der Waals surface area contributed by atoms with Crippen molar-refractivity contribution in [1.29, 1.82) is 0 Å². The standard InChI is InChI=1S/C11H23NO/c1-5-10-6-7-11(13-4)8-12(10)9(2)3/h9-11H,5-8H2,1-4H3/t10-,11+/m0/s1. The first-order valence-corrected chi connectivity index (χ1v) is 5.47. The van der Waals surface area contributed by atoms with Crippen LogP contribution in [0.3, 0.4) is 0 Å². The van der Waals surface area contributed by atoms with Crippen LogP contribution in [-0.4, -0.2) is 36.7 Å². The molecule has 13 heavy (non-hydrogen) atoms. The van der Waals surface area contributed by atoms with Gasteiger partial charge in [0.2, 0.25) is 0 Å². The van der Waals surface area contributed by atoms with E-state index < -0.39 is 0 Å². The lowest BCUT2D eigenvalue weighted by atomic mass is 9.96. The number of methoxy groups -OCH3 is 1. The van der Waals surface area contributed by atoms with E-state index in [0.29, 0.717) is 12.1 Å². The van der Waals surface area contributed by atoms with Gasteiger partial charge >= 0.3 is 0 Å². The van der Waals surface area contributed by atoms with Crippen molar-refractivity contribution >= 4 is 0 Å². The highest BCUT2D eigenvalue weighted by Crippen LogP contribution is 2.23. The van der Waals surface area contributed by atoms with E-state index in [4.69, 9.17) is 4.74 Å². The summed E-state index contributed by atoms with van der Waals surface area (Å²) in [6.45, 7) is 7.96. The topological polar surface area (TPSA) is 12.5 Å². The molecule has 2 atom stereocenters. The molecular formula is C11H23NO. The van der Waals surface area contributed by atoms with Gasteiger partial charge in [0.1, 0.15) is 0 Å². The number of nitrogens with zero attached hydrogens (tertiary/aromatic N) is 1. The average molecular weight is 185 g/mol. The third-order valence-electron chi connectivity index (χ3n) is 3.17. The first-order valence-electron chi connectivity index (χ1n) is 5.47. The van der Waals surface area contributed by atoms with Crippen molar-refractivity contribution in [1.82, 2.24) is 4.90 Å². The van der Waals surface area contributed by atoms with Gasteiger partial charge in [-0.2, -0.15) is 0 Å². The molecule has 2 nitrogen and oxygen atoms in total. The molecule has 1 aliphatic heterocycles. The predicted molar refractivity (Wildman–Crippen MR) is 56.0 cm³/mol. The molecule has 0 bridgehead atoms. The molecule has 0 aromatic carbocycles. The third kappa shape index (κ3) is 2.68. The molecule has 0 spiro atoms. The van der Waals surface area contributed by atoms with Crippen LogP contribution in [0.15, 0.2) is 0 Å². The zero-order chi connectivity index (χ0) is 9.84. The number of hydrogen-bond acceptors (Lipinski definition) is 2. The van der Waals surface area contributed by atoms with E-state index in [1.165, 1.54) is 19.3 Å². The van der Waals surface area contributed by atoms with Gasteiger partial charge in [0.15, 0.2) is 0 Å². The Morgan fingerprint density at radius 3 is 2.54 bits per heavy atom. The Labute approximate surface area is 82.3 Å². The summed E-state index contributed by atoms with van der Waals surface area (Å²) < 4.78 is 5.42. The summed E-state index contributed by atoms with van der Waals surface area (Å²) in [6.07, 6.45) is 4.27. The van der Waals surface area contributed by atoms with E-state index in [0.717, 1.165) is 12.6 Å². The van der Waals surface area contributed by atoms with Crippen LogP contribution in [-0.2, 0) is 4.74 Å². The van der Waals surface area contributed by atoms with E-state index in [-0.39, 0.29) is 0 Å². The Kier molecular flexibility index (Phi) is 4.20. The molecule has 2 heteroatoms. The van der Waals surface area contributed by atoms with Gasteiger partial charge in [-0.05, 0) is 33.1 Å². The summed E-state index contributed by atoms with van der Waals surface area (Å²) in [6, 6.07) is 1.44. The summed E-state index contributed by atoms with van der Waals surface area (Å²) in [7, 11) is 1.83. The van der Waals surface area contributed by atoms with Crippen molar-refractivity contribution in [3.05, 3.63) is 0 Å². The van der Waals surface area contributed by atoms with Crippen molar-refractivity contribution in [2.45, 2.75) is 58.2 Å². The molecule has 0 amide bonds. The van der Waals surface area contributed by atoms with E-state index in [1.54, 1.807) is 0 Å². The molecule has 1 aliphatic rings. The second kappa shape index (κ2) is 4.97. The predicted octanol–water partition coefficient (Wildman–Crippen LogP) is 2.28. The quantitative estimate of drug-likeness (QED) is 0.669. The van der Waals surface area contributed by atoms with Gasteiger partial charge in [-0.1, -0.05) is 6.92 Å². The maximum absolute atomic E-state index is 5.42. The molecule has 0 saturated carbocycles. The minimum atomic E-state index is 0.463. The van der Waals surface area contributed by atoms with Crippen LogP contribution in [0.1, 0.15) is 40.0 Å². The Balaban J connectivity index is 2.52. The second-order valence-electron chi connectivity index (χ2n) is 4.29. The molecule has 1 heterocycles. The lowest BCUT2D eigenvalue weighted by Gasteiger charge is -2.41. The molecule has 1 fully saturated rings. The molecule has 0 aromatic rings. The second-order valence-corrected chi connectivity index (χ2v) is 4.29. The maximum atomic E-state index is 5.42. The molecule has 0 radical (unpaired) electrons. The smallest absolute Gasteiger partial charge is 0.0699 e. The minimum Gasteiger partial charge on any atom is -0.380 e. The minimum absolute atomic E-state index is 0.463. The van der Waals surface area contributed by atoms with Gasteiger partial charge in [0.05, 0.1) is 6.10 Å². The molecule has 1 saturated heterocycles. The first-order chi connectivity index (χ1) is 6.19. The van der Waals surface area contributed by atoms with Crippen molar-refractivity contribution in [3.8, 4) is 0 Å². The Bertz CT molecular complexity index is 147. The first kappa shape index (κ1) is 11.0. The molecule has 1 rings (SSSR count). The third-order valence-corrected chi connectivity index (χ3v) is 3.17. The van der Waals surface area contributed by atoms with Crippen LogP contribution in [0.25, 0.3) is 0 Å². The lowest BCUT2D eigenvalue weighted by molar-refractivity contribution is -0.00908. The summed E-state index contributed by atoms with van der Waals surface area (Å²) in [5, 5.41) is 0. The van der Waals surface area contributed by atoms with Crippen LogP contribution >= 0.6 is 0 Å². The van der Waals surface area contributed by atoms with E-state index >= 15 is 0 Å². The summed E-state index contributed by atoms with van der Waals surface area (Å²) >= 11 is 0. The van der Waals surface area contributed by atoms with E-state index in [9.17, 15) is 0 Å². The molecule has 0 N–H and O–H groups in total. The number of piperidine rings is 1. The highest BCUT2D eigenvalue weighted by Gasteiger charge is 2.28. The fraction of sp³-hybridized carbons (Fsp3) is 1.00. The van der Waals surface area contributed by atoms with Crippen molar-refractivity contribution in [2.75, 3.05) is 13.7 Å².